The van der Waals surface area contributed by atoms with Gasteiger partial charge in [-0.05, 0) is 48.1 Å². The van der Waals surface area contributed by atoms with Gasteiger partial charge >= 0.3 is 0 Å². The molecule has 2 aromatic carbocycles. The van der Waals surface area contributed by atoms with E-state index in [-0.39, 0.29) is 30.5 Å². The normalized spacial score (nSPS) is 16.0. The summed E-state index contributed by atoms with van der Waals surface area (Å²) in [6.07, 6.45) is 2.22. The van der Waals surface area contributed by atoms with Gasteiger partial charge < -0.3 is 19.4 Å². The number of aromatic nitrogens is 1. The molecular formula is C24H26N2O4. The number of methoxy groups -OCH3 is 1. The van der Waals surface area contributed by atoms with Gasteiger partial charge in [0, 0.05) is 24.2 Å². The molecule has 4 rings (SSSR count). The van der Waals surface area contributed by atoms with Crippen LogP contribution in [0.25, 0.3) is 10.9 Å². The number of para-hydroxylation sites is 1. The maximum Gasteiger partial charge on any atom is 0.253 e. The van der Waals surface area contributed by atoms with Crippen LogP contribution in [0.3, 0.4) is 0 Å². The maximum atomic E-state index is 13.2. The second-order valence-electron chi connectivity index (χ2n) is 7.65. The number of hydrogen-bond donors (Lipinski definition) is 1. The van der Waals surface area contributed by atoms with Crippen LogP contribution in [0.4, 0.5) is 0 Å². The van der Waals surface area contributed by atoms with Crippen molar-refractivity contribution >= 4 is 16.8 Å². The molecule has 3 aromatic rings. The van der Waals surface area contributed by atoms with Crippen LogP contribution in [0.2, 0.25) is 0 Å². The number of pyridine rings is 1. The Balaban J connectivity index is 1.56. The number of benzene rings is 2. The minimum absolute atomic E-state index is 0.0179. The van der Waals surface area contributed by atoms with Crippen LogP contribution in [0.5, 0.6) is 5.75 Å². The SMILES string of the molecule is COc1ccc(CC(=O)N(Cc2cc3ccccc3[nH]c2=O)C[C@@H]2CCCO2)cc1. The summed E-state index contributed by atoms with van der Waals surface area (Å²) in [6.45, 7) is 1.47. The highest BCUT2D eigenvalue weighted by atomic mass is 16.5. The van der Waals surface area contributed by atoms with E-state index in [0.717, 1.165) is 41.7 Å². The second-order valence-corrected chi connectivity index (χ2v) is 7.65. The van der Waals surface area contributed by atoms with Gasteiger partial charge in [0.2, 0.25) is 5.91 Å². The van der Waals surface area contributed by atoms with Crippen molar-refractivity contribution < 1.29 is 14.3 Å². The number of aromatic amines is 1. The maximum absolute atomic E-state index is 13.2. The molecule has 6 heteroatoms. The smallest absolute Gasteiger partial charge is 0.253 e. The largest absolute Gasteiger partial charge is 0.497 e. The lowest BCUT2D eigenvalue weighted by molar-refractivity contribution is -0.132. The van der Waals surface area contributed by atoms with Gasteiger partial charge in [-0.2, -0.15) is 0 Å². The Morgan fingerprint density at radius 1 is 1.20 bits per heavy atom. The molecule has 2 heterocycles. The Kier molecular flexibility index (Phi) is 6.14. The van der Waals surface area contributed by atoms with Crippen LogP contribution >= 0.6 is 0 Å². The van der Waals surface area contributed by atoms with E-state index in [1.807, 2.05) is 54.6 Å². The third-order valence-corrected chi connectivity index (χ3v) is 5.51. The quantitative estimate of drug-likeness (QED) is 0.654. The number of carbonyl (C=O) groups excluding carboxylic acids is 1. The number of carbonyl (C=O) groups is 1. The first-order chi connectivity index (χ1) is 14.6. The van der Waals surface area contributed by atoms with Gasteiger partial charge in [-0.25, -0.2) is 0 Å². The zero-order valence-corrected chi connectivity index (χ0v) is 17.1. The Bertz CT molecular complexity index is 1070. The van der Waals surface area contributed by atoms with E-state index in [4.69, 9.17) is 9.47 Å². The fraction of sp³-hybridized carbons (Fsp3) is 0.333. The number of fused-ring (bicyclic) bond motifs is 1. The highest BCUT2D eigenvalue weighted by Crippen LogP contribution is 2.18. The molecule has 0 radical (unpaired) electrons. The van der Waals surface area contributed by atoms with Gasteiger partial charge in [0.25, 0.3) is 5.56 Å². The van der Waals surface area contributed by atoms with Crippen LogP contribution in [0.15, 0.2) is 59.4 Å². The summed E-state index contributed by atoms with van der Waals surface area (Å²) in [6, 6.07) is 17.0. The molecule has 1 aliphatic heterocycles. The topological polar surface area (TPSA) is 71.6 Å². The van der Waals surface area contributed by atoms with Crippen molar-refractivity contribution in [2.75, 3.05) is 20.3 Å². The van der Waals surface area contributed by atoms with E-state index in [1.165, 1.54) is 0 Å². The molecule has 1 saturated heterocycles. The van der Waals surface area contributed by atoms with E-state index in [2.05, 4.69) is 4.98 Å². The van der Waals surface area contributed by atoms with Crippen LogP contribution < -0.4 is 10.3 Å². The molecular weight excluding hydrogens is 380 g/mol. The Labute approximate surface area is 175 Å². The molecule has 6 nitrogen and oxygen atoms in total. The summed E-state index contributed by atoms with van der Waals surface area (Å²) in [5.74, 6) is 0.730. The van der Waals surface area contributed by atoms with Crippen LogP contribution in [-0.2, 0) is 22.5 Å². The number of hydrogen-bond acceptors (Lipinski definition) is 4. The number of H-pyrrole nitrogens is 1. The van der Waals surface area contributed by atoms with E-state index < -0.39 is 0 Å². The van der Waals surface area contributed by atoms with Crippen LogP contribution in [0.1, 0.15) is 24.0 Å². The van der Waals surface area contributed by atoms with Crippen molar-refractivity contribution in [1.82, 2.24) is 9.88 Å². The zero-order chi connectivity index (χ0) is 20.9. The van der Waals surface area contributed by atoms with Crippen molar-refractivity contribution in [3.8, 4) is 5.75 Å². The van der Waals surface area contributed by atoms with Gasteiger partial charge in [-0.15, -0.1) is 0 Å². The second kappa shape index (κ2) is 9.13. The lowest BCUT2D eigenvalue weighted by Crippen LogP contribution is -2.39. The number of nitrogens with zero attached hydrogens (tertiary/aromatic N) is 1. The average molecular weight is 406 g/mol. The minimum atomic E-state index is -0.164. The van der Waals surface area contributed by atoms with Crippen LogP contribution in [-0.4, -0.2) is 42.2 Å². The molecule has 1 aromatic heterocycles. The minimum Gasteiger partial charge on any atom is -0.497 e. The fourth-order valence-corrected chi connectivity index (χ4v) is 3.83. The zero-order valence-electron chi connectivity index (χ0n) is 17.1. The molecule has 1 fully saturated rings. The average Bonchev–Trinajstić information content (AvgIpc) is 3.27. The van der Waals surface area contributed by atoms with Gasteiger partial charge in [0.15, 0.2) is 0 Å². The van der Waals surface area contributed by atoms with E-state index in [9.17, 15) is 9.59 Å². The lowest BCUT2D eigenvalue weighted by atomic mass is 10.1. The highest BCUT2D eigenvalue weighted by Gasteiger charge is 2.24. The van der Waals surface area contributed by atoms with Gasteiger partial charge in [-0.3, -0.25) is 9.59 Å². The Hall–Kier alpha value is -3.12. The van der Waals surface area contributed by atoms with E-state index in [0.29, 0.717) is 12.1 Å². The number of rotatable bonds is 7. The van der Waals surface area contributed by atoms with Gasteiger partial charge in [0.05, 0.1) is 26.2 Å². The number of ether oxygens (including phenoxy) is 2. The van der Waals surface area contributed by atoms with Crippen molar-refractivity contribution in [3.63, 3.8) is 0 Å². The monoisotopic (exact) mass is 406 g/mol. The molecule has 1 aliphatic rings. The lowest BCUT2D eigenvalue weighted by Gasteiger charge is -2.25. The van der Waals surface area contributed by atoms with Crippen molar-refractivity contribution in [2.24, 2.45) is 0 Å². The summed E-state index contributed by atoms with van der Waals surface area (Å²) in [5, 5.41) is 0.951. The van der Waals surface area contributed by atoms with Crippen molar-refractivity contribution in [2.45, 2.75) is 31.9 Å². The van der Waals surface area contributed by atoms with E-state index >= 15 is 0 Å². The number of amides is 1. The predicted octanol–water partition coefficient (Wildman–Crippen LogP) is 3.29. The predicted molar refractivity (Wildman–Crippen MR) is 116 cm³/mol. The summed E-state index contributed by atoms with van der Waals surface area (Å²) in [5.41, 5.74) is 2.12. The van der Waals surface area contributed by atoms with Crippen molar-refractivity contribution in [1.29, 1.82) is 0 Å². The molecule has 0 spiro atoms. The summed E-state index contributed by atoms with van der Waals surface area (Å²) in [4.78, 5) is 30.4. The summed E-state index contributed by atoms with van der Waals surface area (Å²) < 4.78 is 10.9. The molecule has 156 valence electrons. The molecule has 30 heavy (non-hydrogen) atoms. The third kappa shape index (κ3) is 4.71. The molecule has 1 N–H and O–H groups in total. The first-order valence-electron chi connectivity index (χ1n) is 10.3. The summed E-state index contributed by atoms with van der Waals surface area (Å²) >= 11 is 0. The Morgan fingerprint density at radius 2 is 2.00 bits per heavy atom. The first-order valence-corrected chi connectivity index (χ1v) is 10.3. The molecule has 0 bridgehead atoms. The Morgan fingerprint density at radius 3 is 2.73 bits per heavy atom. The molecule has 1 amide bonds. The molecule has 0 unspecified atom stereocenters. The van der Waals surface area contributed by atoms with E-state index in [1.54, 1.807) is 12.0 Å². The first kappa shape index (κ1) is 20.2. The highest BCUT2D eigenvalue weighted by molar-refractivity contribution is 5.80. The van der Waals surface area contributed by atoms with Gasteiger partial charge in [0.1, 0.15) is 5.75 Å². The van der Waals surface area contributed by atoms with Gasteiger partial charge in [-0.1, -0.05) is 30.3 Å². The molecule has 0 saturated carbocycles. The fourth-order valence-electron chi connectivity index (χ4n) is 3.83. The molecule has 0 aliphatic carbocycles. The van der Waals surface area contributed by atoms with Crippen LogP contribution in [0, 0.1) is 0 Å². The molecule has 1 atom stereocenters. The number of nitrogens with one attached hydrogen (secondary N) is 1. The third-order valence-electron chi connectivity index (χ3n) is 5.51. The summed E-state index contributed by atoms with van der Waals surface area (Å²) in [7, 11) is 1.62. The van der Waals surface area contributed by atoms with Crippen molar-refractivity contribution in [3.05, 3.63) is 76.1 Å². The standard InChI is InChI=1S/C24H26N2O4/c1-29-20-10-8-17(9-11-20)13-23(27)26(16-21-6-4-12-30-21)15-19-14-18-5-2-3-7-22(18)25-24(19)28/h2-3,5,7-11,14,21H,4,6,12-13,15-16H2,1H3,(H,25,28)/t21-/m0/s1.